The Labute approximate surface area is 155 Å². The smallest absolute Gasteiger partial charge is 0.160 e. The van der Waals surface area contributed by atoms with Crippen LogP contribution in [0, 0.1) is 0 Å². The molecule has 136 valence electrons. The van der Waals surface area contributed by atoms with Crippen LogP contribution in [0.1, 0.15) is 17.2 Å². The number of nitrogens with zero attached hydrogens (tertiary/aromatic N) is 1. The van der Waals surface area contributed by atoms with Crippen LogP contribution in [0.25, 0.3) is 0 Å². The van der Waals surface area contributed by atoms with E-state index >= 15 is 0 Å². The fourth-order valence-corrected chi connectivity index (χ4v) is 3.25. The summed E-state index contributed by atoms with van der Waals surface area (Å²) in [6.45, 7) is 3.54. The van der Waals surface area contributed by atoms with Crippen molar-refractivity contribution >= 4 is 12.4 Å². The van der Waals surface area contributed by atoms with Gasteiger partial charge in [-0.05, 0) is 23.8 Å². The molecule has 1 unspecified atom stereocenters. The number of phenols is 1. The molecule has 0 amide bonds. The van der Waals surface area contributed by atoms with Gasteiger partial charge in [-0.15, -0.1) is 12.4 Å². The van der Waals surface area contributed by atoms with Crippen LogP contribution in [0.3, 0.4) is 0 Å². The topological polar surface area (TPSA) is 54.0 Å². The third-order valence-electron chi connectivity index (χ3n) is 4.48. The number of ether oxygens (including phenoxy) is 2. The van der Waals surface area contributed by atoms with E-state index < -0.39 is 0 Å². The molecule has 1 aliphatic rings. The molecule has 0 saturated carbocycles. The second kappa shape index (κ2) is 8.94. The van der Waals surface area contributed by atoms with Crippen molar-refractivity contribution in [2.24, 2.45) is 0 Å². The summed E-state index contributed by atoms with van der Waals surface area (Å²) in [5.74, 6) is 1.59. The molecular formula is C19H25ClN2O3. The maximum absolute atomic E-state index is 10.0. The SMILES string of the molecule is COc1ccc(CN2CCNCC2c2ccccc2OC)cc1O.Cl. The van der Waals surface area contributed by atoms with Gasteiger partial charge in [0.1, 0.15) is 5.75 Å². The summed E-state index contributed by atoms with van der Waals surface area (Å²) in [5.41, 5.74) is 2.25. The molecule has 0 bridgehead atoms. The van der Waals surface area contributed by atoms with Gasteiger partial charge in [-0.2, -0.15) is 0 Å². The standard InChI is InChI=1S/C19H24N2O3.ClH/c1-23-18-6-4-3-5-15(18)16-12-20-9-10-21(16)13-14-7-8-19(24-2)17(22)11-14;/h3-8,11,16,20,22H,9-10,12-13H2,1-2H3;1H. The van der Waals surface area contributed by atoms with Gasteiger partial charge < -0.3 is 19.9 Å². The first kappa shape index (κ1) is 19.4. The molecule has 0 radical (unpaired) electrons. The molecule has 2 aromatic rings. The summed E-state index contributed by atoms with van der Waals surface area (Å²) in [6, 6.07) is 14.0. The molecule has 2 N–H and O–H groups in total. The first-order chi connectivity index (χ1) is 11.7. The number of phenolic OH excluding ortho intramolecular Hbond substituents is 1. The van der Waals surface area contributed by atoms with E-state index in [1.54, 1.807) is 20.3 Å². The molecule has 1 atom stereocenters. The van der Waals surface area contributed by atoms with Crippen LogP contribution in [0.15, 0.2) is 42.5 Å². The summed E-state index contributed by atoms with van der Waals surface area (Å²) in [4.78, 5) is 2.41. The summed E-state index contributed by atoms with van der Waals surface area (Å²) >= 11 is 0. The molecule has 0 aromatic heterocycles. The van der Waals surface area contributed by atoms with Crippen LogP contribution in [-0.2, 0) is 6.54 Å². The molecule has 0 aliphatic carbocycles. The van der Waals surface area contributed by atoms with Crippen molar-refractivity contribution in [3.8, 4) is 17.2 Å². The van der Waals surface area contributed by atoms with Crippen LogP contribution < -0.4 is 14.8 Å². The van der Waals surface area contributed by atoms with E-state index in [1.165, 1.54) is 5.56 Å². The Balaban J connectivity index is 0.00000225. The minimum Gasteiger partial charge on any atom is -0.504 e. The molecule has 1 saturated heterocycles. The van der Waals surface area contributed by atoms with Gasteiger partial charge in [-0.1, -0.05) is 24.3 Å². The average molecular weight is 365 g/mol. The van der Waals surface area contributed by atoms with E-state index in [1.807, 2.05) is 30.3 Å². The minimum atomic E-state index is 0. The van der Waals surface area contributed by atoms with Crippen LogP contribution in [0.4, 0.5) is 0 Å². The first-order valence-electron chi connectivity index (χ1n) is 8.16. The van der Waals surface area contributed by atoms with Crippen LogP contribution in [-0.4, -0.2) is 43.9 Å². The quantitative estimate of drug-likeness (QED) is 0.854. The van der Waals surface area contributed by atoms with Crippen molar-refractivity contribution in [2.45, 2.75) is 12.6 Å². The number of methoxy groups -OCH3 is 2. The third kappa shape index (κ3) is 4.37. The molecule has 6 heteroatoms. The number of hydrogen-bond acceptors (Lipinski definition) is 5. The van der Waals surface area contributed by atoms with Crippen molar-refractivity contribution in [1.82, 2.24) is 10.2 Å². The zero-order chi connectivity index (χ0) is 16.9. The van der Waals surface area contributed by atoms with Gasteiger partial charge in [-0.3, -0.25) is 4.90 Å². The molecule has 5 nitrogen and oxygen atoms in total. The predicted octanol–water partition coefficient (Wildman–Crippen LogP) is 2.98. The molecule has 1 fully saturated rings. The van der Waals surface area contributed by atoms with Crippen molar-refractivity contribution < 1.29 is 14.6 Å². The van der Waals surface area contributed by atoms with E-state index in [9.17, 15) is 5.11 Å². The normalized spacial score (nSPS) is 17.6. The van der Waals surface area contributed by atoms with Gasteiger partial charge in [-0.25, -0.2) is 0 Å². The highest BCUT2D eigenvalue weighted by molar-refractivity contribution is 5.85. The largest absolute Gasteiger partial charge is 0.504 e. The van der Waals surface area contributed by atoms with Crippen LogP contribution in [0.2, 0.25) is 0 Å². The number of benzene rings is 2. The summed E-state index contributed by atoms with van der Waals surface area (Å²) in [6.07, 6.45) is 0. The number of para-hydroxylation sites is 1. The maximum atomic E-state index is 10.0. The highest BCUT2D eigenvalue weighted by Crippen LogP contribution is 2.32. The number of halogens is 1. The van der Waals surface area contributed by atoms with E-state index in [0.29, 0.717) is 5.75 Å². The van der Waals surface area contributed by atoms with Crippen molar-refractivity contribution in [3.05, 3.63) is 53.6 Å². The molecule has 1 heterocycles. The van der Waals surface area contributed by atoms with Crippen molar-refractivity contribution in [2.75, 3.05) is 33.9 Å². The van der Waals surface area contributed by atoms with Crippen LogP contribution >= 0.6 is 12.4 Å². The summed E-state index contributed by atoms with van der Waals surface area (Å²) < 4.78 is 10.7. The Bertz CT molecular complexity index is 696. The van der Waals surface area contributed by atoms with Crippen molar-refractivity contribution in [3.63, 3.8) is 0 Å². The van der Waals surface area contributed by atoms with E-state index in [2.05, 4.69) is 16.3 Å². The van der Waals surface area contributed by atoms with Gasteiger partial charge in [0.15, 0.2) is 11.5 Å². The predicted molar refractivity (Wildman–Crippen MR) is 101 cm³/mol. The lowest BCUT2D eigenvalue weighted by Crippen LogP contribution is -2.45. The Hall–Kier alpha value is -1.95. The Morgan fingerprint density at radius 2 is 1.88 bits per heavy atom. The molecule has 2 aromatic carbocycles. The lowest BCUT2D eigenvalue weighted by Gasteiger charge is -2.37. The Morgan fingerprint density at radius 1 is 1.12 bits per heavy atom. The Kier molecular flexibility index (Phi) is 6.93. The van der Waals surface area contributed by atoms with Gasteiger partial charge >= 0.3 is 0 Å². The molecule has 3 rings (SSSR count). The second-order valence-corrected chi connectivity index (χ2v) is 5.94. The van der Waals surface area contributed by atoms with Gasteiger partial charge in [0, 0.05) is 31.7 Å². The number of nitrogens with one attached hydrogen (secondary N) is 1. The third-order valence-corrected chi connectivity index (χ3v) is 4.48. The Morgan fingerprint density at radius 3 is 2.60 bits per heavy atom. The fraction of sp³-hybridized carbons (Fsp3) is 0.368. The molecule has 1 aliphatic heterocycles. The number of rotatable bonds is 5. The summed E-state index contributed by atoms with van der Waals surface area (Å²) in [7, 11) is 3.27. The fourth-order valence-electron chi connectivity index (χ4n) is 3.25. The second-order valence-electron chi connectivity index (χ2n) is 5.94. The number of aromatic hydroxyl groups is 1. The molecule has 0 spiro atoms. The minimum absolute atomic E-state index is 0. The van der Waals surface area contributed by atoms with Gasteiger partial charge in [0.05, 0.1) is 20.3 Å². The lowest BCUT2D eigenvalue weighted by molar-refractivity contribution is 0.151. The highest BCUT2D eigenvalue weighted by Gasteiger charge is 2.26. The van der Waals surface area contributed by atoms with E-state index in [-0.39, 0.29) is 24.2 Å². The zero-order valence-electron chi connectivity index (χ0n) is 14.6. The lowest BCUT2D eigenvalue weighted by atomic mass is 10.0. The summed E-state index contributed by atoms with van der Waals surface area (Å²) in [5, 5.41) is 13.5. The zero-order valence-corrected chi connectivity index (χ0v) is 15.4. The van der Waals surface area contributed by atoms with Gasteiger partial charge in [0.2, 0.25) is 0 Å². The van der Waals surface area contributed by atoms with Crippen LogP contribution in [0.5, 0.6) is 17.2 Å². The molecule has 25 heavy (non-hydrogen) atoms. The van der Waals surface area contributed by atoms with Gasteiger partial charge in [0.25, 0.3) is 0 Å². The van der Waals surface area contributed by atoms with E-state index in [0.717, 1.165) is 37.5 Å². The van der Waals surface area contributed by atoms with E-state index in [4.69, 9.17) is 9.47 Å². The highest BCUT2D eigenvalue weighted by atomic mass is 35.5. The monoisotopic (exact) mass is 364 g/mol. The first-order valence-corrected chi connectivity index (χ1v) is 8.16. The maximum Gasteiger partial charge on any atom is 0.160 e. The number of piperazine rings is 1. The number of hydrogen-bond donors (Lipinski definition) is 2. The molecular weight excluding hydrogens is 340 g/mol. The average Bonchev–Trinajstić information content (AvgIpc) is 2.62. The van der Waals surface area contributed by atoms with Crippen molar-refractivity contribution in [1.29, 1.82) is 0 Å².